The summed E-state index contributed by atoms with van der Waals surface area (Å²) < 4.78 is 0. The first-order valence-corrected chi connectivity index (χ1v) is 7.34. The number of nitrogens with zero attached hydrogens (tertiary/aromatic N) is 3. The van der Waals surface area contributed by atoms with Gasteiger partial charge in [-0.1, -0.05) is 30.3 Å². The summed E-state index contributed by atoms with van der Waals surface area (Å²) in [6.07, 6.45) is 4.61. The van der Waals surface area contributed by atoms with Crippen LogP contribution in [0.2, 0.25) is 0 Å². The molecule has 0 aliphatic carbocycles. The fourth-order valence-electron chi connectivity index (χ4n) is 3.22. The molecule has 21 heavy (non-hydrogen) atoms. The molecule has 1 aliphatic heterocycles. The van der Waals surface area contributed by atoms with Crippen molar-refractivity contribution in [2.75, 3.05) is 11.4 Å². The second-order valence-corrected chi connectivity index (χ2v) is 5.62. The summed E-state index contributed by atoms with van der Waals surface area (Å²) in [6, 6.07) is 13.1. The Morgan fingerprint density at radius 2 is 1.95 bits per heavy atom. The maximum atomic E-state index is 4.44. The van der Waals surface area contributed by atoms with E-state index in [-0.39, 0.29) is 0 Å². The van der Waals surface area contributed by atoms with Crippen LogP contribution in [-0.2, 0) is 13.0 Å². The summed E-state index contributed by atoms with van der Waals surface area (Å²) in [5.41, 5.74) is 5.08. The largest absolute Gasteiger partial charge is 0.365 e. The topological polar surface area (TPSA) is 29.0 Å². The molecule has 0 N–H and O–H groups in total. The minimum absolute atomic E-state index is 0.866. The van der Waals surface area contributed by atoms with Gasteiger partial charge in [-0.2, -0.15) is 0 Å². The summed E-state index contributed by atoms with van der Waals surface area (Å²) >= 11 is 0. The molecule has 1 aliphatic rings. The predicted molar refractivity (Wildman–Crippen MR) is 85.5 cm³/mol. The van der Waals surface area contributed by atoms with Crippen molar-refractivity contribution in [2.24, 2.45) is 0 Å². The number of aromatic nitrogens is 2. The molecule has 0 amide bonds. The fourth-order valence-corrected chi connectivity index (χ4v) is 3.22. The van der Waals surface area contributed by atoms with Crippen molar-refractivity contribution in [2.45, 2.75) is 19.9 Å². The lowest BCUT2D eigenvalue weighted by molar-refractivity contribution is 0.705. The second kappa shape index (κ2) is 4.85. The summed E-state index contributed by atoms with van der Waals surface area (Å²) in [5, 5.41) is 2.67. The summed E-state index contributed by atoms with van der Waals surface area (Å²) in [4.78, 5) is 11.0. The lowest BCUT2D eigenvalue weighted by atomic mass is 10.0. The van der Waals surface area contributed by atoms with Crippen molar-refractivity contribution in [3.8, 4) is 0 Å². The van der Waals surface area contributed by atoms with Gasteiger partial charge in [-0.25, -0.2) is 9.97 Å². The van der Waals surface area contributed by atoms with Crippen LogP contribution in [-0.4, -0.2) is 16.5 Å². The van der Waals surface area contributed by atoms with Crippen molar-refractivity contribution in [1.29, 1.82) is 0 Å². The number of hydrogen-bond donors (Lipinski definition) is 0. The average molecular weight is 275 g/mol. The molecule has 0 unspecified atom stereocenters. The summed E-state index contributed by atoms with van der Waals surface area (Å²) in [5.74, 6) is 0. The number of aryl methyl sites for hydroxylation is 1. The van der Waals surface area contributed by atoms with E-state index in [1.54, 1.807) is 6.33 Å². The highest BCUT2D eigenvalue weighted by atomic mass is 15.1. The van der Waals surface area contributed by atoms with Gasteiger partial charge >= 0.3 is 0 Å². The van der Waals surface area contributed by atoms with Gasteiger partial charge in [0.2, 0.25) is 0 Å². The number of anilines is 1. The fraction of sp³-hybridized carbons (Fsp3) is 0.222. The number of benzene rings is 2. The van der Waals surface area contributed by atoms with Crippen LogP contribution in [0.1, 0.15) is 16.8 Å². The SMILES string of the molecule is Cc1cccc2cccc(N3CCc4cncnc4C3)c12. The maximum Gasteiger partial charge on any atom is 0.115 e. The Morgan fingerprint density at radius 1 is 1.10 bits per heavy atom. The normalized spacial score (nSPS) is 14.2. The van der Waals surface area contributed by atoms with Crippen LogP contribution in [0.4, 0.5) is 5.69 Å². The lowest BCUT2D eigenvalue weighted by Crippen LogP contribution is -2.31. The van der Waals surface area contributed by atoms with Crippen LogP contribution >= 0.6 is 0 Å². The first kappa shape index (κ1) is 12.3. The first-order valence-electron chi connectivity index (χ1n) is 7.34. The molecule has 0 saturated carbocycles. The highest BCUT2D eigenvalue weighted by molar-refractivity contribution is 5.96. The third-order valence-corrected chi connectivity index (χ3v) is 4.30. The van der Waals surface area contributed by atoms with Gasteiger partial charge in [-0.3, -0.25) is 0 Å². The van der Waals surface area contributed by atoms with Gasteiger partial charge in [0.05, 0.1) is 12.2 Å². The monoisotopic (exact) mass is 275 g/mol. The average Bonchev–Trinajstić information content (AvgIpc) is 2.54. The van der Waals surface area contributed by atoms with Gasteiger partial charge in [0.25, 0.3) is 0 Å². The molecule has 0 atom stereocenters. The molecule has 0 radical (unpaired) electrons. The van der Waals surface area contributed by atoms with Gasteiger partial charge in [0.1, 0.15) is 6.33 Å². The van der Waals surface area contributed by atoms with Crippen LogP contribution in [0, 0.1) is 6.92 Å². The van der Waals surface area contributed by atoms with Gasteiger partial charge in [-0.15, -0.1) is 0 Å². The van der Waals surface area contributed by atoms with E-state index in [1.165, 1.54) is 27.6 Å². The minimum atomic E-state index is 0.866. The molecule has 0 spiro atoms. The van der Waals surface area contributed by atoms with Crippen LogP contribution in [0.5, 0.6) is 0 Å². The van der Waals surface area contributed by atoms with E-state index in [0.29, 0.717) is 0 Å². The standard InChI is InChI=1S/C18H17N3/c1-13-4-2-5-14-6-3-7-17(18(13)14)21-9-8-15-10-19-12-20-16(15)11-21/h2-7,10,12H,8-9,11H2,1H3. The molecule has 3 heteroatoms. The Morgan fingerprint density at radius 3 is 2.86 bits per heavy atom. The highest BCUT2D eigenvalue weighted by Gasteiger charge is 2.19. The van der Waals surface area contributed by atoms with Crippen molar-refractivity contribution < 1.29 is 0 Å². The lowest BCUT2D eigenvalue weighted by Gasteiger charge is -2.31. The Labute approximate surface area is 124 Å². The molecule has 104 valence electrons. The highest BCUT2D eigenvalue weighted by Crippen LogP contribution is 2.32. The van der Waals surface area contributed by atoms with Crippen molar-refractivity contribution in [3.05, 3.63) is 65.7 Å². The van der Waals surface area contributed by atoms with E-state index in [0.717, 1.165) is 25.2 Å². The van der Waals surface area contributed by atoms with Gasteiger partial charge in [-0.05, 0) is 35.9 Å². The van der Waals surface area contributed by atoms with Crippen LogP contribution in [0.25, 0.3) is 10.8 Å². The smallest absolute Gasteiger partial charge is 0.115 e. The molecule has 0 fully saturated rings. The molecule has 2 aromatic carbocycles. The number of fused-ring (bicyclic) bond motifs is 2. The quantitative estimate of drug-likeness (QED) is 0.680. The Kier molecular flexibility index (Phi) is 2.85. The van der Waals surface area contributed by atoms with Crippen molar-refractivity contribution in [3.63, 3.8) is 0 Å². The maximum absolute atomic E-state index is 4.44. The third-order valence-electron chi connectivity index (χ3n) is 4.30. The van der Waals surface area contributed by atoms with Gasteiger partial charge in [0.15, 0.2) is 0 Å². The third kappa shape index (κ3) is 2.05. The van der Waals surface area contributed by atoms with E-state index in [2.05, 4.69) is 58.2 Å². The van der Waals surface area contributed by atoms with E-state index in [9.17, 15) is 0 Å². The first-order chi connectivity index (χ1) is 10.3. The molecule has 2 heterocycles. The molecule has 1 aromatic heterocycles. The Bertz CT molecular complexity index is 805. The van der Waals surface area contributed by atoms with E-state index in [1.807, 2.05) is 6.20 Å². The van der Waals surface area contributed by atoms with Crippen LogP contribution in [0.3, 0.4) is 0 Å². The molecule has 4 rings (SSSR count). The zero-order valence-corrected chi connectivity index (χ0v) is 12.1. The Balaban J connectivity index is 1.82. The second-order valence-electron chi connectivity index (χ2n) is 5.62. The van der Waals surface area contributed by atoms with Crippen molar-refractivity contribution in [1.82, 2.24) is 9.97 Å². The van der Waals surface area contributed by atoms with E-state index in [4.69, 9.17) is 0 Å². The predicted octanol–water partition coefficient (Wildman–Crippen LogP) is 3.50. The molecule has 3 nitrogen and oxygen atoms in total. The van der Waals surface area contributed by atoms with Crippen molar-refractivity contribution >= 4 is 16.5 Å². The Hall–Kier alpha value is -2.42. The van der Waals surface area contributed by atoms with Gasteiger partial charge in [0, 0.05) is 23.8 Å². The zero-order chi connectivity index (χ0) is 14.2. The molecule has 0 saturated heterocycles. The molecular formula is C18H17N3. The number of hydrogen-bond acceptors (Lipinski definition) is 3. The summed E-state index contributed by atoms with van der Waals surface area (Å²) in [6.45, 7) is 4.07. The molecular weight excluding hydrogens is 258 g/mol. The van der Waals surface area contributed by atoms with E-state index < -0.39 is 0 Å². The number of rotatable bonds is 1. The minimum Gasteiger partial charge on any atom is -0.365 e. The van der Waals surface area contributed by atoms with E-state index >= 15 is 0 Å². The summed E-state index contributed by atoms with van der Waals surface area (Å²) in [7, 11) is 0. The van der Waals surface area contributed by atoms with Crippen LogP contribution in [0.15, 0.2) is 48.9 Å². The molecule has 0 bridgehead atoms. The zero-order valence-electron chi connectivity index (χ0n) is 12.1. The van der Waals surface area contributed by atoms with Gasteiger partial charge < -0.3 is 4.90 Å². The van der Waals surface area contributed by atoms with Crippen LogP contribution < -0.4 is 4.90 Å². The molecule has 3 aromatic rings.